The Morgan fingerprint density at radius 3 is 2.43 bits per heavy atom. The highest BCUT2D eigenvalue weighted by Crippen LogP contribution is 2.14. The van der Waals surface area contributed by atoms with Crippen molar-refractivity contribution in [3.05, 3.63) is 47.4 Å². The Bertz CT molecular complexity index is 662. The average molecular weight is 308 g/mol. The van der Waals surface area contributed by atoms with Crippen LogP contribution in [0.25, 0.3) is 0 Å². The minimum Gasteiger partial charge on any atom is -0.411 e. The summed E-state index contributed by atoms with van der Waals surface area (Å²) in [7, 11) is 0. The van der Waals surface area contributed by atoms with E-state index in [9.17, 15) is 9.59 Å². The second-order valence-electron chi connectivity index (χ2n) is 3.72. The summed E-state index contributed by atoms with van der Waals surface area (Å²) in [6.45, 7) is 0. The number of halogens is 1. The van der Waals surface area contributed by atoms with E-state index in [2.05, 4.69) is 25.6 Å². The number of rotatable bonds is 4. The molecule has 1 aromatic heterocycles. The van der Waals surface area contributed by atoms with Crippen molar-refractivity contribution in [2.45, 2.75) is 0 Å². The van der Waals surface area contributed by atoms with Gasteiger partial charge in [-0.25, -0.2) is 14.8 Å². The summed E-state index contributed by atoms with van der Waals surface area (Å²) < 4.78 is 4.65. The molecule has 0 radical (unpaired) electrons. The van der Waals surface area contributed by atoms with E-state index in [1.165, 1.54) is 36.7 Å². The lowest BCUT2D eigenvalue weighted by molar-refractivity contribution is 0.0962. The molecule has 2 amide bonds. The lowest BCUT2D eigenvalue weighted by Gasteiger charge is -2.08. The molecule has 0 saturated heterocycles. The standard InChI is InChI=1S/C12H10ClN5O3/c13-9-10(16-6-5-15-9)17-18-11(19)7-1-3-8(4-2-7)21-12(14)20/h1-6H,(H2,14,20)(H,16,17)(H,18,19). The third kappa shape index (κ3) is 4.05. The molecule has 2 rings (SSSR count). The van der Waals surface area contributed by atoms with E-state index in [1.54, 1.807) is 0 Å². The fraction of sp³-hybridized carbons (Fsp3) is 0. The first-order valence-corrected chi connectivity index (χ1v) is 6.04. The number of amides is 2. The zero-order chi connectivity index (χ0) is 15.2. The van der Waals surface area contributed by atoms with Crippen LogP contribution >= 0.6 is 11.6 Å². The summed E-state index contributed by atoms with van der Waals surface area (Å²) in [5, 5.41) is 0.128. The van der Waals surface area contributed by atoms with Gasteiger partial charge in [-0.15, -0.1) is 0 Å². The maximum absolute atomic E-state index is 11.9. The molecule has 0 bridgehead atoms. The van der Waals surface area contributed by atoms with Crippen LogP contribution in [0, 0.1) is 0 Å². The van der Waals surface area contributed by atoms with Crippen molar-refractivity contribution in [1.82, 2.24) is 15.4 Å². The number of aromatic nitrogens is 2. The number of hydrogen-bond acceptors (Lipinski definition) is 6. The van der Waals surface area contributed by atoms with Gasteiger partial charge in [0, 0.05) is 18.0 Å². The second kappa shape index (κ2) is 6.53. The van der Waals surface area contributed by atoms with Gasteiger partial charge in [-0.3, -0.25) is 15.6 Å². The predicted octanol–water partition coefficient (Wildman–Crippen LogP) is 1.34. The van der Waals surface area contributed by atoms with E-state index in [1.807, 2.05) is 0 Å². The summed E-state index contributed by atoms with van der Waals surface area (Å²) in [4.78, 5) is 30.1. The van der Waals surface area contributed by atoms with Gasteiger partial charge >= 0.3 is 6.09 Å². The number of carbonyl (C=O) groups excluding carboxylic acids is 2. The van der Waals surface area contributed by atoms with Crippen molar-refractivity contribution >= 4 is 29.4 Å². The Kier molecular flexibility index (Phi) is 4.52. The summed E-state index contributed by atoms with van der Waals surface area (Å²) in [6, 6.07) is 5.81. The number of hydrazine groups is 1. The van der Waals surface area contributed by atoms with E-state index < -0.39 is 12.0 Å². The van der Waals surface area contributed by atoms with E-state index >= 15 is 0 Å². The van der Waals surface area contributed by atoms with E-state index in [-0.39, 0.29) is 16.7 Å². The van der Waals surface area contributed by atoms with Gasteiger partial charge in [0.15, 0.2) is 11.0 Å². The third-order valence-electron chi connectivity index (χ3n) is 2.28. The molecular weight excluding hydrogens is 298 g/mol. The average Bonchev–Trinajstić information content (AvgIpc) is 2.46. The summed E-state index contributed by atoms with van der Waals surface area (Å²) in [5.74, 6) is 0.0347. The number of nitrogens with zero attached hydrogens (tertiary/aromatic N) is 2. The minimum absolute atomic E-state index is 0.128. The van der Waals surface area contributed by atoms with E-state index in [0.717, 1.165) is 0 Å². The zero-order valence-corrected chi connectivity index (χ0v) is 11.3. The quantitative estimate of drug-likeness (QED) is 0.733. The first-order valence-electron chi connectivity index (χ1n) is 5.66. The molecule has 0 unspecified atom stereocenters. The molecule has 0 spiro atoms. The number of anilines is 1. The van der Waals surface area contributed by atoms with E-state index in [0.29, 0.717) is 5.56 Å². The Labute approximate surface area is 124 Å². The molecule has 21 heavy (non-hydrogen) atoms. The number of nitrogens with one attached hydrogen (secondary N) is 2. The van der Waals surface area contributed by atoms with Crippen LogP contribution < -0.4 is 21.3 Å². The lowest BCUT2D eigenvalue weighted by Crippen LogP contribution is -2.30. The third-order valence-corrected chi connectivity index (χ3v) is 2.56. The molecule has 0 aliphatic rings. The zero-order valence-electron chi connectivity index (χ0n) is 10.5. The molecule has 2 aromatic rings. The second-order valence-corrected chi connectivity index (χ2v) is 4.08. The SMILES string of the molecule is NC(=O)Oc1ccc(C(=O)NNc2nccnc2Cl)cc1. The van der Waals surface area contributed by atoms with E-state index in [4.69, 9.17) is 17.3 Å². The fourth-order valence-electron chi connectivity index (χ4n) is 1.38. The topological polar surface area (TPSA) is 119 Å². The minimum atomic E-state index is -0.925. The normalized spacial score (nSPS) is 9.76. The van der Waals surface area contributed by atoms with Crippen molar-refractivity contribution in [3.8, 4) is 5.75 Å². The van der Waals surface area contributed by atoms with Crippen molar-refractivity contribution in [1.29, 1.82) is 0 Å². The lowest BCUT2D eigenvalue weighted by atomic mass is 10.2. The smallest absolute Gasteiger partial charge is 0.409 e. The Morgan fingerprint density at radius 1 is 1.14 bits per heavy atom. The van der Waals surface area contributed by atoms with Gasteiger partial charge in [0.25, 0.3) is 5.91 Å². The summed E-state index contributed by atoms with van der Waals surface area (Å²) in [6.07, 6.45) is 1.93. The maximum Gasteiger partial charge on any atom is 0.409 e. The van der Waals surface area contributed by atoms with Gasteiger partial charge < -0.3 is 10.5 Å². The highest BCUT2D eigenvalue weighted by atomic mass is 35.5. The van der Waals surface area contributed by atoms with Gasteiger partial charge in [-0.05, 0) is 24.3 Å². The largest absolute Gasteiger partial charge is 0.411 e. The van der Waals surface area contributed by atoms with Crippen LogP contribution in [0.4, 0.5) is 10.6 Å². The van der Waals surface area contributed by atoms with Gasteiger partial charge in [-0.1, -0.05) is 11.6 Å². The molecule has 4 N–H and O–H groups in total. The van der Waals surface area contributed by atoms with Crippen LogP contribution in [0.5, 0.6) is 5.75 Å². The highest BCUT2D eigenvalue weighted by Gasteiger charge is 2.08. The molecule has 1 heterocycles. The number of carbonyl (C=O) groups is 2. The molecule has 0 saturated carbocycles. The summed E-state index contributed by atoms with van der Waals surface area (Å²) >= 11 is 5.78. The van der Waals surface area contributed by atoms with Crippen molar-refractivity contribution in [3.63, 3.8) is 0 Å². The van der Waals surface area contributed by atoms with Crippen LogP contribution in [0.3, 0.4) is 0 Å². The van der Waals surface area contributed by atoms with Crippen molar-refractivity contribution in [2.75, 3.05) is 5.43 Å². The van der Waals surface area contributed by atoms with Gasteiger partial charge in [0.05, 0.1) is 0 Å². The molecular formula is C12H10ClN5O3. The molecule has 108 valence electrons. The van der Waals surface area contributed by atoms with Crippen LogP contribution in [-0.2, 0) is 0 Å². The van der Waals surface area contributed by atoms with Crippen LogP contribution in [0.2, 0.25) is 5.15 Å². The Morgan fingerprint density at radius 2 is 1.81 bits per heavy atom. The van der Waals surface area contributed by atoms with Crippen molar-refractivity contribution < 1.29 is 14.3 Å². The number of primary amides is 1. The van der Waals surface area contributed by atoms with Crippen LogP contribution in [0.1, 0.15) is 10.4 Å². The Hall–Kier alpha value is -2.87. The van der Waals surface area contributed by atoms with Gasteiger partial charge in [-0.2, -0.15) is 0 Å². The van der Waals surface area contributed by atoms with Crippen LogP contribution in [0.15, 0.2) is 36.7 Å². The molecule has 0 aliphatic heterocycles. The van der Waals surface area contributed by atoms with Gasteiger partial charge in [0.1, 0.15) is 5.75 Å². The molecule has 0 atom stereocenters. The molecule has 8 nitrogen and oxygen atoms in total. The fourth-order valence-corrected chi connectivity index (χ4v) is 1.54. The number of ether oxygens (including phenoxy) is 1. The summed E-state index contributed by atoms with van der Waals surface area (Å²) in [5.41, 5.74) is 10.2. The monoisotopic (exact) mass is 307 g/mol. The van der Waals surface area contributed by atoms with Gasteiger partial charge in [0.2, 0.25) is 0 Å². The molecule has 0 fully saturated rings. The highest BCUT2D eigenvalue weighted by molar-refractivity contribution is 6.31. The molecule has 9 heteroatoms. The first-order chi connectivity index (χ1) is 10.1. The maximum atomic E-state index is 11.9. The number of benzene rings is 1. The number of hydrogen-bond donors (Lipinski definition) is 3. The predicted molar refractivity (Wildman–Crippen MR) is 74.8 cm³/mol. The molecule has 1 aromatic carbocycles. The van der Waals surface area contributed by atoms with Crippen molar-refractivity contribution in [2.24, 2.45) is 5.73 Å². The number of nitrogens with two attached hydrogens (primary N) is 1. The first kappa shape index (κ1) is 14.5. The Balaban J connectivity index is 1.97. The van der Waals surface area contributed by atoms with Crippen LogP contribution in [-0.4, -0.2) is 22.0 Å². The molecule has 0 aliphatic carbocycles.